The van der Waals surface area contributed by atoms with Crippen LogP contribution in [0.15, 0.2) is 24.5 Å². The molecule has 1 aromatic rings. The zero-order valence-corrected chi connectivity index (χ0v) is 9.89. The molecule has 1 fully saturated rings. The van der Waals surface area contributed by atoms with Crippen molar-refractivity contribution in [1.29, 1.82) is 0 Å². The van der Waals surface area contributed by atoms with Crippen molar-refractivity contribution in [1.82, 2.24) is 9.47 Å². The Morgan fingerprint density at radius 2 is 1.80 bits per heavy atom. The average molecular weight is 206 g/mol. The molecule has 2 heterocycles. The molecule has 1 atom stereocenters. The van der Waals surface area contributed by atoms with E-state index in [2.05, 4.69) is 47.8 Å². The minimum atomic E-state index is 0.736. The Bertz CT molecular complexity index is 271. The summed E-state index contributed by atoms with van der Waals surface area (Å²) in [6.45, 7) is 7.15. The summed E-state index contributed by atoms with van der Waals surface area (Å²) in [5.41, 5.74) is 0. The minimum Gasteiger partial charge on any atom is -0.351 e. The fourth-order valence-electron chi connectivity index (χ4n) is 2.47. The average Bonchev–Trinajstić information content (AvgIpc) is 2.82. The van der Waals surface area contributed by atoms with Crippen LogP contribution < -0.4 is 0 Å². The van der Waals surface area contributed by atoms with Gasteiger partial charge in [0.2, 0.25) is 0 Å². The second-order valence-corrected chi connectivity index (χ2v) is 4.65. The van der Waals surface area contributed by atoms with Gasteiger partial charge in [0, 0.05) is 37.6 Å². The van der Waals surface area contributed by atoms with Crippen LogP contribution in [0.25, 0.3) is 0 Å². The summed E-state index contributed by atoms with van der Waals surface area (Å²) in [6.07, 6.45) is 8.28. The largest absolute Gasteiger partial charge is 0.351 e. The molecule has 15 heavy (non-hydrogen) atoms. The molecule has 0 bridgehead atoms. The number of aromatic nitrogens is 1. The normalized spacial score (nSPS) is 21.7. The van der Waals surface area contributed by atoms with E-state index < -0.39 is 0 Å². The number of hydrogen-bond donors (Lipinski definition) is 0. The molecule has 1 aliphatic heterocycles. The van der Waals surface area contributed by atoms with Crippen LogP contribution in [0.5, 0.6) is 0 Å². The number of piperidine rings is 1. The predicted molar refractivity (Wildman–Crippen MR) is 64.0 cm³/mol. The van der Waals surface area contributed by atoms with Gasteiger partial charge in [-0.3, -0.25) is 0 Å². The van der Waals surface area contributed by atoms with Gasteiger partial charge in [0.05, 0.1) is 0 Å². The highest BCUT2D eigenvalue weighted by Crippen LogP contribution is 2.24. The third-order valence-electron chi connectivity index (χ3n) is 3.76. The summed E-state index contributed by atoms with van der Waals surface area (Å²) in [7, 11) is 0. The van der Waals surface area contributed by atoms with Crippen LogP contribution in [-0.2, 0) is 0 Å². The summed E-state index contributed by atoms with van der Waals surface area (Å²) < 4.78 is 2.37. The number of hydrogen-bond acceptors (Lipinski definition) is 1. The first-order chi connectivity index (χ1) is 7.31. The van der Waals surface area contributed by atoms with Crippen LogP contribution in [0.4, 0.5) is 0 Å². The van der Waals surface area contributed by atoms with E-state index >= 15 is 0 Å². The maximum Gasteiger partial charge on any atom is 0.0355 e. The van der Waals surface area contributed by atoms with Gasteiger partial charge in [0.25, 0.3) is 0 Å². The molecule has 0 aliphatic carbocycles. The Kier molecular flexibility index (Phi) is 3.47. The Morgan fingerprint density at radius 1 is 1.20 bits per heavy atom. The monoisotopic (exact) mass is 206 g/mol. The SMILES string of the molecule is CCC(C)N1CCC(n2cccc2)CC1. The Hall–Kier alpha value is -0.760. The van der Waals surface area contributed by atoms with Crippen molar-refractivity contribution in [2.75, 3.05) is 13.1 Å². The highest BCUT2D eigenvalue weighted by molar-refractivity contribution is 4.94. The molecule has 0 radical (unpaired) electrons. The number of likely N-dealkylation sites (tertiary alicyclic amines) is 1. The maximum atomic E-state index is 2.62. The second kappa shape index (κ2) is 4.84. The molecule has 0 aromatic carbocycles. The van der Waals surface area contributed by atoms with Gasteiger partial charge < -0.3 is 9.47 Å². The first kappa shape index (κ1) is 10.7. The Balaban J connectivity index is 1.87. The molecule has 0 spiro atoms. The maximum absolute atomic E-state index is 2.62. The lowest BCUT2D eigenvalue weighted by Gasteiger charge is -2.36. The Labute approximate surface area is 92.9 Å². The lowest BCUT2D eigenvalue weighted by molar-refractivity contribution is 0.140. The van der Waals surface area contributed by atoms with E-state index in [1.165, 1.54) is 32.4 Å². The number of rotatable bonds is 3. The molecule has 0 saturated carbocycles. The van der Waals surface area contributed by atoms with Crippen molar-refractivity contribution in [3.63, 3.8) is 0 Å². The molecular weight excluding hydrogens is 184 g/mol. The third-order valence-corrected chi connectivity index (χ3v) is 3.76. The molecule has 1 unspecified atom stereocenters. The van der Waals surface area contributed by atoms with Gasteiger partial charge in [0.15, 0.2) is 0 Å². The highest BCUT2D eigenvalue weighted by Gasteiger charge is 2.22. The summed E-state index contributed by atoms with van der Waals surface area (Å²) in [4.78, 5) is 2.62. The van der Waals surface area contributed by atoms with Gasteiger partial charge in [-0.15, -0.1) is 0 Å². The summed E-state index contributed by atoms with van der Waals surface area (Å²) in [5, 5.41) is 0. The van der Waals surface area contributed by atoms with E-state index in [-0.39, 0.29) is 0 Å². The topological polar surface area (TPSA) is 8.17 Å². The lowest BCUT2D eigenvalue weighted by Crippen LogP contribution is -2.39. The first-order valence-corrected chi connectivity index (χ1v) is 6.17. The van der Waals surface area contributed by atoms with Crippen LogP contribution in [0.1, 0.15) is 39.2 Å². The fourth-order valence-corrected chi connectivity index (χ4v) is 2.47. The van der Waals surface area contributed by atoms with Crippen molar-refractivity contribution >= 4 is 0 Å². The quantitative estimate of drug-likeness (QED) is 0.738. The van der Waals surface area contributed by atoms with E-state index in [0.29, 0.717) is 0 Å². The smallest absolute Gasteiger partial charge is 0.0355 e. The van der Waals surface area contributed by atoms with Gasteiger partial charge in [-0.2, -0.15) is 0 Å². The van der Waals surface area contributed by atoms with Crippen molar-refractivity contribution in [2.45, 2.75) is 45.2 Å². The third kappa shape index (κ3) is 2.43. The predicted octanol–water partition coefficient (Wildman–Crippen LogP) is 2.92. The second-order valence-electron chi connectivity index (χ2n) is 4.65. The summed E-state index contributed by atoms with van der Waals surface area (Å²) in [6, 6.07) is 5.75. The molecule has 1 saturated heterocycles. The fraction of sp³-hybridized carbons (Fsp3) is 0.692. The first-order valence-electron chi connectivity index (χ1n) is 6.17. The van der Waals surface area contributed by atoms with Crippen molar-refractivity contribution in [3.05, 3.63) is 24.5 Å². The van der Waals surface area contributed by atoms with Gasteiger partial charge >= 0.3 is 0 Å². The van der Waals surface area contributed by atoms with Crippen LogP contribution in [0.3, 0.4) is 0 Å². The standard InChI is InChI=1S/C13H22N2/c1-3-12(2)14-10-6-13(7-11-14)15-8-4-5-9-15/h4-5,8-9,12-13H,3,6-7,10-11H2,1-2H3. The van der Waals surface area contributed by atoms with Crippen LogP contribution in [0.2, 0.25) is 0 Å². The van der Waals surface area contributed by atoms with Crippen LogP contribution >= 0.6 is 0 Å². The van der Waals surface area contributed by atoms with E-state index in [1.54, 1.807) is 0 Å². The van der Waals surface area contributed by atoms with Crippen molar-refractivity contribution in [2.24, 2.45) is 0 Å². The van der Waals surface area contributed by atoms with Gasteiger partial charge in [0.1, 0.15) is 0 Å². The van der Waals surface area contributed by atoms with Crippen molar-refractivity contribution < 1.29 is 0 Å². The van der Waals surface area contributed by atoms with E-state index in [9.17, 15) is 0 Å². The van der Waals surface area contributed by atoms with Gasteiger partial charge in [-0.05, 0) is 38.3 Å². The number of nitrogens with zero attached hydrogens (tertiary/aromatic N) is 2. The van der Waals surface area contributed by atoms with E-state index in [0.717, 1.165) is 12.1 Å². The van der Waals surface area contributed by atoms with Crippen LogP contribution in [0, 0.1) is 0 Å². The molecule has 1 aliphatic rings. The van der Waals surface area contributed by atoms with E-state index in [4.69, 9.17) is 0 Å². The molecule has 1 aromatic heterocycles. The molecule has 2 nitrogen and oxygen atoms in total. The minimum absolute atomic E-state index is 0.736. The lowest BCUT2D eigenvalue weighted by atomic mass is 10.0. The highest BCUT2D eigenvalue weighted by atomic mass is 15.2. The molecule has 2 heteroatoms. The van der Waals surface area contributed by atoms with Gasteiger partial charge in [-0.1, -0.05) is 6.92 Å². The van der Waals surface area contributed by atoms with Crippen molar-refractivity contribution in [3.8, 4) is 0 Å². The Morgan fingerprint density at radius 3 is 2.33 bits per heavy atom. The summed E-state index contributed by atoms with van der Waals surface area (Å²) >= 11 is 0. The zero-order chi connectivity index (χ0) is 10.7. The molecular formula is C13H22N2. The molecule has 0 N–H and O–H groups in total. The molecule has 84 valence electrons. The molecule has 0 amide bonds. The van der Waals surface area contributed by atoms with Crippen LogP contribution in [-0.4, -0.2) is 28.6 Å². The van der Waals surface area contributed by atoms with Gasteiger partial charge in [-0.25, -0.2) is 0 Å². The zero-order valence-electron chi connectivity index (χ0n) is 9.89. The van der Waals surface area contributed by atoms with E-state index in [1.807, 2.05) is 0 Å². The summed E-state index contributed by atoms with van der Waals surface area (Å²) in [5.74, 6) is 0. The molecule has 2 rings (SSSR count).